The molecule has 2 N–H and O–H groups in total. The number of urea groups is 1. The third-order valence-electron chi connectivity index (χ3n) is 7.09. The van der Waals surface area contributed by atoms with Gasteiger partial charge in [-0.15, -0.1) is 11.3 Å². The molecule has 0 radical (unpaired) electrons. The van der Waals surface area contributed by atoms with Crippen LogP contribution in [0.25, 0.3) is 0 Å². The lowest BCUT2D eigenvalue weighted by Crippen LogP contribution is -2.53. The van der Waals surface area contributed by atoms with E-state index >= 15 is 0 Å². The highest BCUT2D eigenvalue weighted by atomic mass is 35.5. The highest BCUT2D eigenvalue weighted by Gasteiger charge is 2.36. The van der Waals surface area contributed by atoms with Gasteiger partial charge in [-0.3, -0.25) is 4.31 Å². The molecule has 1 atom stereocenters. The van der Waals surface area contributed by atoms with Gasteiger partial charge >= 0.3 is 6.03 Å². The van der Waals surface area contributed by atoms with Crippen LogP contribution in [-0.4, -0.2) is 51.1 Å². The zero-order valence-corrected chi connectivity index (χ0v) is 22.9. The van der Waals surface area contributed by atoms with Gasteiger partial charge in [0, 0.05) is 42.1 Å². The molecule has 2 aliphatic rings. The minimum atomic E-state index is -3.84. The number of hydrogen-bond acceptors (Lipinski definition) is 5. The van der Waals surface area contributed by atoms with Crippen molar-refractivity contribution in [3.63, 3.8) is 0 Å². The predicted octanol–water partition coefficient (Wildman–Crippen LogP) is 4.88. The van der Waals surface area contributed by atoms with Crippen molar-refractivity contribution in [2.45, 2.75) is 49.2 Å². The van der Waals surface area contributed by atoms with E-state index in [2.05, 4.69) is 28.1 Å². The van der Waals surface area contributed by atoms with Gasteiger partial charge in [-0.25, -0.2) is 13.2 Å². The summed E-state index contributed by atoms with van der Waals surface area (Å²) in [5, 5.41) is 9.17. The first-order valence-corrected chi connectivity index (χ1v) is 15.3. The molecule has 0 saturated carbocycles. The molecule has 0 spiro atoms. The Hall–Kier alpha value is -2.59. The van der Waals surface area contributed by atoms with Crippen LogP contribution >= 0.6 is 22.9 Å². The van der Waals surface area contributed by atoms with Crippen LogP contribution in [0.1, 0.15) is 29.7 Å². The summed E-state index contributed by atoms with van der Waals surface area (Å²) < 4.78 is 29.0. The molecule has 10 heteroatoms. The number of rotatable bonds is 7. The molecule has 2 amide bonds. The van der Waals surface area contributed by atoms with E-state index in [1.807, 2.05) is 29.2 Å². The smallest absolute Gasteiger partial charge is 0.317 e. The number of fused-ring (bicyclic) bond motifs is 1. The number of nitrogens with one attached hydrogen (secondary N) is 2. The van der Waals surface area contributed by atoms with Crippen molar-refractivity contribution < 1.29 is 13.2 Å². The van der Waals surface area contributed by atoms with E-state index in [-0.39, 0.29) is 23.5 Å². The maximum atomic E-state index is 13.8. The molecule has 1 fully saturated rings. The summed E-state index contributed by atoms with van der Waals surface area (Å²) in [6, 6.07) is 17.8. The molecule has 1 aromatic heterocycles. The standard InChI is InChI=1S/C27H31ClN4O3S2/c28-21-8-11-25(12-9-21)37(34,35)32-23(10-7-20-4-1-2-6-26(20)32)18-30-27(33)31-15-13-22(14-16-31)29-19-24-5-3-17-36-24/h1-6,8-9,11-12,17,22-23,29H,7,10,13-16,18-19H2,(H,30,33). The van der Waals surface area contributed by atoms with Crippen molar-refractivity contribution in [3.8, 4) is 0 Å². The van der Waals surface area contributed by atoms with E-state index in [4.69, 9.17) is 11.6 Å². The molecule has 1 saturated heterocycles. The quantitative estimate of drug-likeness (QED) is 0.433. The first-order valence-electron chi connectivity index (χ1n) is 12.6. The Labute approximate surface area is 227 Å². The summed E-state index contributed by atoms with van der Waals surface area (Å²) >= 11 is 7.75. The number of piperidine rings is 1. The van der Waals surface area contributed by atoms with Gasteiger partial charge in [0.05, 0.1) is 16.6 Å². The van der Waals surface area contributed by atoms with Crippen LogP contribution in [0.5, 0.6) is 0 Å². The molecule has 37 heavy (non-hydrogen) atoms. The molecule has 3 heterocycles. The SMILES string of the molecule is O=C(NCC1CCc2ccccc2N1S(=O)(=O)c1ccc(Cl)cc1)N1CCC(NCc2cccs2)CC1. The first-order chi connectivity index (χ1) is 17.9. The molecule has 3 aromatic rings. The van der Waals surface area contributed by atoms with Crippen molar-refractivity contribution in [1.29, 1.82) is 0 Å². The number of aryl methyl sites for hydroxylation is 1. The Bertz CT molecular complexity index is 1310. The van der Waals surface area contributed by atoms with Crippen LogP contribution in [0, 0.1) is 0 Å². The highest BCUT2D eigenvalue weighted by molar-refractivity contribution is 7.92. The number of carbonyl (C=O) groups is 1. The minimum absolute atomic E-state index is 0.139. The number of carbonyl (C=O) groups excluding carboxylic acids is 1. The van der Waals surface area contributed by atoms with Crippen molar-refractivity contribution >= 4 is 44.7 Å². The normalized spacial score (nSPS) is 18.5. The summed E-state index contributed by atoms with van der Waals surface area (Å²) in [7, 11) is -3.84. The second-order valence-electron chi connectivity index (χ2n) is 9.48. The fourth-order valence-electron chi connectivity index (χ4n) is 5.07. The number of para-hydroxylation sites is 1. The number of benzene rings is 2. The van der Waals surface area contributed by atoms with Gasteiger partial charge in [-0.05, 0) is 73.0 Å². The van der Waals surface area contributed by atoms with Gasteiger partial charge in [0.2, 0.25) is 0 Å². The van der Waals surface area contributed by atoms with E-state index in [9.17, 15) is 13.2 Å². The summed E-state index contributed by atoms with van der Waals surface area (Å²) in [6.45, 7) is 2.45. The fourth-order valence-corrected chi connectivity index (χ4v) is 7.56. The second-order valence-corrected chi connectivity index (χ2v) is 12.8. The molecule has 196 valence electrons. The molecule has 7 nitrogen and oxygen atoms in total. The molecule has 1 unspecified atom stereocenters. The van der Waals surface area contributed by atoms with Crippen LogP contribution in [-0.2, 0) is 23.0 Å². The lowest BCUT2D eigenvalue weighted by atomic mass is 9.98. The van der Waals surface area contributed by atoms with E-state index in [0.717, 1.165) is 31.4 Å². The minimum Gasteiger partial charge on any atom is -0.336 e. The van der Waals surface area contributed by atoms with Crippen molar-refractivity contribution in [2.24, 2.45) is 0 Å². The zero-order chi connectivity index (χ0) is 25.8. The molecule has 5 rings (SSSR count). The van der Waals surface area contributed by atoms with Gasteiger partial charge in [0.15, 0.2) is 0 Å². The van der Waals surface area contributed by atoms with Crippen molar-refractivity contribution in [2.75, 3.05) is 23.9 Å². The number of likely N-dealkylation sites (tertiary alicyclic amines) is 1. The molecule has 2 aliphatic heterocycles. The summed E-state index contributed by atoms with van der Waals surface area (Å²) in [5.74, 6) is 0. The molecular weight excluding hydrogens is 528 g/mol. The van der Waals surface area contributed by atoms with Gasteiger partial charge in [-0.2, -0.15) is 0 Å². The highest BCUT2D eigenvalue weighted by Crippen LogP contribution is 2.35. The van der Waals surface area contributed by atoms with Crippen LogP contribution in [0.3, 0.4) is 0 Å². The van der Waals surface area contributed by atoms with Gasteiger partial charge in [0.1, 0.15) is 0 Å². The number of nitrogens with zero attached hydrogens (tertiary/aromatic N) is 2. The van der Waals surface area contributed by atoms with E-state index in [0.29, 0.717) is 36.3 Å². The monoisotopic (exact) mass is 558 g/mol. The number of anilines is 1. The van der Waals surface area contributed by atoms with Crippen molar-refractivity contribution in [3.05, 3.63) is 81.5 Å². The molecule has 2 aromatic carbocycles. The topological polar surface area (TPSA) is 81.8 Å². The van der Waals surface area contributed by atoms with Crippen LogP contribution in [0.4, 0.5) is 10.5 Å². The third kappa shape index (κ3) is 5.95. The van der Waals surface area contributed by atoms with E-state index < -0.39 is 10.0 Å². The summed E-state index contributed by atoms with van der Waals surface area (Å²) in [6.07, 6.45) is 3.17. The van der Waals surface area contributed by atoms with Gasteiger partial charge in [-0.1, -0.05) is 35.9 Å². The summed E-state index contributed by atoms with van der Waals surface area (Å²) in [5.41, 5.74) is 1.65. The lowest BCUT2D eigenvalue weighted by molar-refractivity contribution is 0.175. The zero-order valence-electron chi connectivity index (χ0n) is 20.5. The van der Waals surface area contributed by atoms with Gasteiger partial charge in [0.25, 0.3) is 10.0 Å². The number of hydrogen-bond donors (Lipinski definition) is 2. The van der Waals surface area contributed by atoms with E-state index in [1.54, 1.807) is 23.5 Å². The molecule has 0 aliphatic carbocycles. The van der Waals surface area contributed by atoms with Crippen molar-refractivity contribution in [1.82, 2.24) is 15.5 Å². The molecule has 0 bridgehead atoms. The Kier molecular flexibility index (Phi) is 8.04. The lowest BCUT2D eigenvalue weighted by Gasteiger charge is -2.38. The average Bonchev–Trinajstić information content (AvgIpc) is 3.44. The Balaban J connectivity index is 1.23. The fraction of sp³-hybridized carbons (Fsp3) is 0.370. The average molecular weight is 559 g/mol. The number of amides is 2. The maximum absolute atomic E-state index is 13.8. The molecular formula is C27H31ClN4O3S2. The number of sulfonamides is 1. The Morgan fingerprint density at radius 3 is 2.49 bits per heavy atom. The van der Waals surface area contributed by atoms with Gasteiger partial charge < -0.3 is 15.5 Å². The Morgan fingerprint density at radius 2 is 1.76 bits per heavy atom. The van der Waals surface area contributed by atoms with E-state index in [1.165, 1.54) is 21.3 Å². The second kappa shape index (κ2) is 11.4. The number of halogens is 1. The predicted molar refractivity (Wildman–Crippen MR) is 149 cm³/mol. The maximum Gasteiger partial charge on any atom is 0.317 e. The van der Waals surface area contributed by atoms with Crippen LogP contribution < -0.4 is 14.9 Å². The number of thiophene rings is 1. The van der Waals surface area contributed by atoms with Crippen LogP contribution in [0.2, 0.25) is 5.02 Å². The largest absolute Gasteiger partial charge is 0.336 e. The third-order valence-corrected chi connectivity index (χ3v) is 10.1. The Morgan fingerprint density at radius 1 is 1.00 bits per heavy atom. The van der Waals surface area contributed by atoms with Crippen LogP contribution in [0.15, 0.2) is 70.9 Å². The summed E-state index contributed by atoms with van der Waals surface area (Å²) in [4.78, 5) is 16.3. The first kappa shape index (κ1) is 26.0.